The summed E-state index contributed by atoms with van der Waals surface area (Å²) in [5, 5.41) is 2.87. The Morgan fingerprint density at radius 2 is 1.42 bits per heavy atom. The Bertz CT molecular complexity index is 734. The average molecular weight is 321 g/mol. The van der Waals surface area contributed by atoms with E-state index in [0.717, 1.165) is 22.4 Å². The Labute approximate surface area is 144 Å². The van der Waals surface area contributed by atoms with E-state index in [4.69, 9.17) is 4.74 Å². The van der Waals surface area contributed by atoms with E-state index in [-0.39, 0.29) is 18.1 Å². The number of benzene rings is 2. The zero-order valence-electron chi connectivity index (χ0n) is 14.6. The fourth-order valence-corrected chi connectivity index (χ4v) is 2.28. The fraction of sp³-hybridized carbons (Fsp3) is 0.286. The first kappa shape index (κ1) is 17.6. The van der Waals surface area contributed by atoms with Crippen LogP contribution in [0.4, 0.5) is 0 Å². The maximum atomic E-state index is 11.1. The van der Waals surface area contributed by atoms with Crippen molar-refractivity contribution >= 4 is 5.91 Å². The van der Waals surface area contributed by atoms with Crippen LogP contribution in [-0.4, -0.2) is 12.0 Å². The highest BCUT2D eigenvalue weighted by molar-refractivity contribution is 5.73. The molecule has 0 saturated heterocycles. The van der Waals surface area contributed by atoms with E-state index in [9.17, 15) is 4.79 Å². The van der Waals surface area contributed by atoms with Crippen LogP contribution in [0, 0.1) is 11.8 Å². The van der Waals surface area contributed by atoms with E-state index in [1.165, 1.54) is 6.92 Å². The van der Waals surface area contributed by atoms with Crippen molar-refractivity contribution in [1.82, 2.24) is 5.32 Å². The summed E-state index contributed by atoms with van der Waals surface area (Å²) in [5.74, 6) is 7.12. The monoisotopic (exact) mass is 321 g/mol. The van der Waals surface area contributed by atoms with Crippen LogP contribution in [0.15, 0.2) is 48.5 Å². The van der Waals surface area contributed by atoms with Gasteiger partial charge in [-0.3, -0.25) is 4.79 Å². The molecule has 24 heavy (non-hydrogen) atoms. The minimum absolute atomic E-state index is 0.00184. The molecule has 0 radical (unpaired) electrons. The first-order valence-electron chi connectivity index (χ1n) is 8.10. The number of carbonyl (C=O) groups is 1. The largest absolute Gasteiger partial charge is 0.491 e. The highest BCUT2D eigenvalue weighted by atomic mass is 16.5. The highest BCUT2D eigenvalue weighted by Gasteiger charge is 2.05. The third kappa shape index (κ3) is 5.48. The molecule has 0 spiro atoms. The normalized spacial score (nSPS) is 11.4. The van der Waals surface area contributed by atoms with Gasteiger partial charge in [0.05, 0.1) is 12.1 Å². The Morgan fingerprint density at radius 3 is 1.88 bits per heavy atom. The molecule has 3 nitrogen and oxygen atoms in total. The van der Waals surface area contributed by atoms with Crippen LogP contribution in [0.3, 0.4) is 0 Å². The smallest absolute Gasteiger partial charge is 0.217 e. The molecular weight excluding hydrogens is 298 g/mol. The Hall–Kier alpha value is -2.73. The van der Waals surface area contributed by atoms with Crippen molar-refractivity contribution < 1.29 is 9.53 Å². The van der Waals surface area contributed by atoms with E-state index in [2.05, 4.69) is 17.2 Å². The zero-order chi connectivity index (χ0) is 17.5. The van der Waals surface area contributed by atoms with E-state index in [1.807, 2.05) is 69.3 Å². The lowest BCUT2D eigenvalue weighted by atomic mass is 10.1. The standard InChI is InChI=1S/C21H23NO2/c1-15(2)24-21-13-9-19(10-14-21)6-5-18-7-11-20(12-8-18)16(3)22-17(4)23/h7-16H,1-4H3,(H,22,23)/t16-/m0/s1. The van der Waals surface area contributed by atoms with Crippen LogP contribution in [-0.2, 0) is 4.79 Å². The van der Waals surface area contributed by atoms with Crippen LogP contribution < -0.4 is 10.1 Å². The van der Waals surface area contributed by atoms with Crippen molar-refractivity contribution in [1.29, 1.82) is 0 Å². The molecule has 0 heterocycles. The van der Waals surface area contributed by atoms with Gasteiger partial charge in [0.2, 0.25) is 5.91 Å². The molecule has 0 aliphatic heterocycles. The summed E-state index contributed by atoms with van der Waals surface area (Å²) in [6.07, 6.45) is 0.167. The quantitative estimate of drug-likeness (QED) is 0.862. The summed E-state index contributed by atoms with van der Waals surface area (Å²) < 4.78 is 5.62. The summed E-state index contributed by atoms with van der Waals surface area (Å²) in [6, 6.07) is 15.7. The predicted molar refractivity (Wildman–Crippen MR) is 96.9 cm³/mol. The van der Waals surface area contributed by atoms with Crippen LogP contribution in [0.5, 0.6) is 5.75 Å². The second-order valence-electron chi connectivity index (χ2n) is 5.99. The highest BCUT2D eigenvalue weighted by Crippen LogP contribution is 2.14. The topological polar surface area (TPSA) is 38.3 Å². The van der Waals surface area contributed by atoms with Crippen LogP contribution in [0.2, 0.25) is 0 Å². The number of amides is 1. The molecular formula is C21H23NO2. The van der Waals surface area contributed by atoms with Crippen molar-refractivity contribution in [2.75, 3.05) is 0 Å². The Kier molecular flexibility index (Phi) is 6.03. The number of hydrogen-bond acceptors (Lipinski definition) is 2. The van der Waals surface area contributed by atoms with E-state index >= 15 is 0 Å². The molecule has 3 heteroatoms. The van der Waals surface area contributed by atoms with Gasteiger partial charge in [-0.25, -0.2) is 0 Å². The number of rotatable bonds is 4. The Balaban J connectivity index is 2.04. The molecule has 1 atom stereocenters. The van der Waals surface area contributed by atoms with Crippen LogP contribution in [0.25, 0.3) is 0 Å². The van der Waals surface area contributed by atoms with Gasteiger partial charge in [0.15, 0.2) is 0 Å². The summed E-state index contributed by atoms with van der Waals surface area (Å²) in [7, 11) is 0. The Morgan fingerprint density at radius 1 is 0.917 bits per heavy atom. The lowest BCUT2D eigenvalue weighted by Gasteiger charge is -2.12. The lowest BCUT2D eigenvalue weighted by molar-refractivity contribution is -0.119. The molecule has 2 rings (SSSR count). The van der Waals surface area contributed by atoms with Gasteiger partial charge < -0.3 is 10.1 Å². The van der Waals surface area contributed by atoms with Crippen molar-refractivity contribution in [3.05, 3.63) is 65.2 Å². The van der Waals surface area contributed by atoms with Crippen LogP contribution in [0.1, 0.15) is 50.4 Å². The molecule has 1 N–H and O–H groups in total. The third-order valence-corrected chi connectivity index (χ3v) is 3.41. The molecule has 0 aliphatic rings. The number of hydrogen-bond donors (Lipinski definition) is 1. The summed E-state index contributed by atoms with van der Waals surface area (Å²) in [5.41, 5.74) is 2.95. The van der Waals surface area contributed by atoms with Crippen molar-refractivity contribution in [3.8, 4) is 17.6 Å². The van der Waals surface area contributed by atoms with Crippen molar-refractivity contribution in [2.24, 2.45) is 0 Å². The zero-order valence-corrected chi connectivity index (χ0v) is 14.6. The molecule has 2 aromatic carbocycles. The SMILES string of the molecule is CC(=O)N[C@@H](C)c1ccc(C#Cc2ccc(OC(C)C)cc2)cc1. The molecule has 1 amide bonds. The molecule has 124 valence electrons. The summed E-state index contributed by atoms with van der Waals surface area (Å²) in [4.78, 5) is 11.1. The number of carbonyl (C=O) groups excluding carboxylic acids is 1. The lowest BCUT2D eigenvalue weighted by Crippen LogP contribution is -2.23. The molecule has 0 aliphatic carbocycles. The summed E-state index contributed by atoms with van der Waals surface area (Å²) >= 11 is 0. The van der Waals surface area contributed by atoms with Crippen molar-refractivity contribution in [2.45, 2.75) is 39.8 Å². The third-order valence-electron chi connectivity index (χ3n) is 3.41. The second-order valence-corrected chi connectivity index (χ2v) is 5.99. The van der Waals surface area contributed by atoms with Gasteiger partial charge in [-0.15, -0.1) is 0 Å². The van der Waals surface area contributed by atoms with E-state index < -0.39 is 0 Å². The average Bonchev–Trinajstić information content (AvgIpc) is 2.53. The second kappa shape index (κ2) is 8.21. The molecule has 0 fully saturated rings. The van der Waals surface area contributed by atoms with Gasteiger partial charge in [0.25, 0.3) is 0 Å². The molecule has 0 saturated carbocycles. The molecule has 0 unspecified atom stereocenters. The molecule has 0 bridgehead atoms. The first-order chi connectivity index (χ1) is 11.4. The number of ether oxygens (including phenoxy) is 1. The molecule has 0 aromatic heterocycles. The first-order valence-corrected chi connectivity index (χ1v) is 8.10. The van der Waals surface area contributed by atoms with Gasteiger partial charge >= 0.3 is 0 Å². The van der Waals surface area contributed by atoms with Gasteiger partial charge in [0, 0.05) is 18.1 Å². The van der Waals surface area contributed by atoms with E-state index in [1.54, 1.807) is 0 Å². The summed E-state index contributed by atoms with van der Waals surface area (Å²) in [6.45, 7) is 7.49. The van der Waals surface area contributed by atoms with Gasteiger partial charge in [-0.1, -0.05) is 24.0 Å². The predicted octanol–water partition coefficient (Wildman–Crippen LogP) is 4.07. The number of nitrogens with one attached hydrogen (secondary N) is 1. The van der Waals surface area contributed by atoms with Gasteiger partial charge in [-0.05, 0) is 62.7 Å². The minimum atomic E-state index is -0.0312. The minimum Gasteiger partial charge on any atom is -0.491 e. The molecule has 2 aromatic rings. The van der Waals surface area contributed by atoms with Gasteiger partial charge in [-0.2, -0.15) is 0 Å². The van der Waals surface area contributed by atoms with Crippen LogP contribution >= 0.6 is 0 Å². The maximum Gasteiger partial charge on any atom is 0.217 e. The maximum absolute atomic E-state index is 11.1. The van der Waals surface area contributed by atoms with E-state index in [0.29, 0.717) is 0 Å². The van der Waals surface area contributed by atoms with Crippen molar-refractivity contribution in [3.63, 3.8) is 0 Å². The fourth-order valence-electron chi connectivity index (χ4n) is 2.28. The van der Waals surface area contributed by atoms with Gasteiger partial charge in [0.1, 0.15) is 5.75 Å².